The molecular formula is C19H31Cl2N3O3. The molecule has 0 radical (unpaired) electrons. The van der Waals surface area contributed by atoms with Crippen molar-refractivity contribution in [2.45, 2.75) is 37.8 Å². The third-order valence-electron chi connectivity index (χ3n) is 5.49. The van der Waals surface area contributed by atoms with Crippen LogP contribution >= 0.6 is 24.8 Å². The third kappa shape index (κ3) is 6.71. The van der Waals surface area contributed by atoms with Gasteiger partial charge in [-0.1, -0.05) is 0 Å². The normalized spacial score (nSPS) is 18.5. The van der Waals surface area contributed by atoms with Crippen LogP contribution in [0.3, 0.4) is 0 Å². The third-order valence-corrected chi connectivity index (χ3v) is 5.49. The number of nitrogens with zero attached hydrogens (tertiary/aromatic N) is 2. The van der Waals surface area contributed by atoms with Gasteiger partial charge >= 0.3 is 5.97 Å². The van der Waals surface area contributed by atoms with Crippen LogP contribution in [0, 0.1) is 0 Å². The minimum absolute atomic E-state index is 0. The van der Waals surface area contributed by atoms with E-state index in [9.17, 15) is 4.79 Å². The van der Waals surface area contributed by atoms with Gasteiger partial charge in [0.2, 0.25) is 0 Å². The second-order valence-electron chi connectivity index (χ2n) is 7.04. The lowest BCUT2D eigenvalue weighted by molar-refractivity contribution is -0.139. The molecule has 2 fully saturated rings. The van der Waals surface area contributed by atoms with Gasteiger partial charge in [0.15, 0.2) is 6.61 Å². The number of aliphatic carboxylic acids is 1. The molecule has 6 nitrogen and oxygen atoms in total. The molecule has 1 aromatic rings. The van der Waals surface area contributed by atoms with Crippen LogP contribution in [0.15, 0.2) is 24.3 Å². The van der Waals surface area contributed by atoms with Crippen LogP contribution < -0.4 is 15.0 Å². The Morgan fingerprint density at radius 1 is 1.11 bits per heavy atom. The Bertz CT molecular complexity index is 560. The van der Waals surface area contributed by atoms with E-state index < -0.39 is 5.97 Å². The summed E-state index contributed by atoms with van der Waals surface area (Å²) in [7, 11) is 2.30. The van der Waals surface area contributed by atoms with Crippen molar-refractivity contribution in [1.82, 2.24) is 10.2 Å². The van der Waals surface area contributed by atoms with Crippen molar-refractivity contribution >= 4 is 36.5 Å². The lowest BCUT2D eigenvalue weighted by Crippen LogP contribution is -2.50. The van der Waals surface area contributed by atoms with Gasteiger partial charge in [0.05, 0.1) is 0 Å². The maximum atomic E-state index is 10.5. The molecule has 0 spiro atoms. The smallest absolute Gasteiger partial charge is 0.341 e. The number of hydrogen-bond acceptors (Lipinski definition) is 5. The predicted octanol–water partition coefficient (Wildman–Crippen LogP) is 2.65. The topological polar surface area (TPSA) is 65.0 Å². The van der Waals surface area contributed by atoms with E-state index in [0.717, 1.165) is 32.2 Å². The average Bonchev–Trinajstić information content (AvgIpc) is 2.67. The fourth-order valence-electron chi connectivity index (χ4n) is 3.94. The van der Waals surface area contributed by atoms with Crippen LogP contribution in [0.1, 0.15) is 25.7 Å². The Morgan fingerprint density at radius 3 is 2.22 bits per heavy atom. The van der Waals surface area contributed by atoms with E-state index in [1.54, 1.807) is 0 Å². The zero-order valence-electron chi connectivity index (χ0n) is 15.8. The zero-order chi connectivity index (χ0) is 17.6. The molecule has 0 bridgehead atoms. The predicted molar refractivity (Wildman–Crippen MR) is 113 cm³/mol. The molecule has 3 rings (SSSR count). The highest BCUT2D eigenvalue weighted by Crippen LogP contribution is 2.26. The molecule has 1 aromatic carbocycles. The molecule has 2 heterocycles. The first kappa shape index (κ1) is 23.8. The summed E-state index contributed by atoms with van der Waals surface area (Å²) >= 11 is 0. The number of carboxylic acids is 1. The van der Waals surface area contributed by atoms with Gasteiger partial charge in [-0.25, -0.2) is 4.79 Å². The molecule has 2 aliphatic rings. The number of rotatable bonds is 6. The summed E-state index contributed by atoms with van der Waals surface area (Å²) in [6.45, 7) is 4.12. The number of carboxylic acid groups (broad SMARTS) is 1. The Hall–Kier alpha value is -1.21. The van der Waals surface area contributed by atoms with Crippen molar-refractivity contribution in [2.24, 2.45) is 0 Å². The molecule has 0 amide bonds. The fraction of sp³-hybridized carbons (Fsp3) is 0.632. The number of ether oxygens (including phenoxy) is 1. The van der Waals surface area contributed by atoms with Crippen LogP contribution in [0.25, 0.3) is 0 Å². The van der Waals surface area contributed by atoms with Crippen molar-refractivity contribution < 1.29 is 14.6 Å². The monoisotopic (exact) mass is 419 g/mol. The molecular weight excluding hydrogens is 389 g/mol. The number of halogens is 2. The van der Waals surface area contributed by atoms with E-state index in [4.69, 9.17) is 9.84 Å². The SMILES string of the molecule is CN(C1CCNCC1)C1CCN(c2ccc(OCC(=O)O)cc2)CC1.Cl.Cl. The highest BCUT2D eigenvalue weighted by atomic mass is 35.5. The van der Waals surface area contributed by atoms with Crippen LogP contribution in [-0.4, -0.2) is 67.9 Å². The summed E-state index contributed by atoms with van der Waals surface area (Å²) in [5.74, 6) is -0.351. The van der Waals surface area contributed by atoms with E-state index in [2.05, 4.69) is 22.2 Å². The van der Waals surface area contributed by atoms with E-state index in [1.165, 1.54) is 31.4 Å². The Kier molecular flexibility index (Phi) is 10.2. The van der Waals surface area contributed by atoms with Crippen molar-refractivity contribution in [3.63, 3.8) is 0 Å². The molecule has 0 aliphatic carbocycles. The van der Waals surface area contributed by atoms with E-state index >= 15 is 0 Å². The van der Waals surface area contributed by atoms with Crippen LogP contribution in [0.5, 0.6) is 5.75 Å². The molecule has 2 saturated heterocycles. The highest BCUT2D eigenvalue weighted by molar-refractivity contribution is 5.85. The molecule has 154 valence electrons. The molecule has 2 aliphatic heterocycles. The van der Waals surface area contributed by atoms with Crippen LogP contribution in [0.2, 0.25) is 0 Å². The molecule has 0 saturated carbocycles. The van der Waals surface area contributed by atoms with Gasteiger partial charge in [-0.2, -0.15) is 0 Å². The summed E-state index contributed by atoms with van der Waals surface area (Å²) in [4.78, 5) is 15.6. The average molecular weight is 420 g/mol. The van der Waals surface area contributed by atoms with Crippen molar-refractivity contribution in [1.29, 1.82) is 0 Å². The first-order valence-corrected chi connectivity index (χ1v) is 9.26. The minimum atomic E-state index is -0.955. The van der Waals surface area contributed by atoms with E-state index in [-0.39, 0.29) is 31.4 Å². The lowest BCUT2D eigenvalue weighted by Gasteiger charge is -2.42. The molecule has 8 heteroatoms. The maximum Gasteiger partial charge on any atom is 0.341 e. The molecule has 2 N–H and O–H groups in total. The Balaban J connectivity index is 0.00000182. The van der Waals surface area contributed by atoms with E-state index in [1.807, 2.05) is 24.3 Å². The summed E-state index contributed by atoms with van der Waals surface area (Å²) in [5.41, 5.74) is 1.19. The highest BCUT2D eigenvalue weighted by Gasteiger charge is 2.27. The summed E-state index contributed by atoms with van der Waals surface area (Å²) in [5, 5.41) is 12.1. The van der Waals surface area contributed by atoms with Gasteiger partial charge < -0.3 is 25.0 Å². The largest absolute Gasteiger partial charge is 0.482 e. The second-order valence-corrected chi connectivity index (χ2v) is 7.04. The van der Waals surface area contributed by atoms with Crippen molar-refractivity contribution in [2.75, 3.05) is 44.7 Å². The van der Waals surface area contributed by atoms with Gasteiger partial charge in [-0.05, 0) is 70.1 Å². The van der Waals surface area contributed by atoms with Crippen LogP contribution in [-0.2, 0) is 4.79 Å². The van der Waals surface area contributed by atoms with Gasteiger partial charge in [0.1, 0.15) is 5.75 Å². The van der Waals surface area contributed by atoms with Gasteiger partial charge in [-0.3, -0.25) is 0 Å². The van der Waals surface area contributed by atoms with Gasteiger partial charge in [-0.15, -0.1) is 24.8 Å². The lowest BCUT2D eigenvalue weighted by atomic mass is 9.97. The van der Waals surface area contributed by atoms with Gasteiger partial charge in [0.25, 0.3) is 0 Å². The maximum absolute atomic E-state index is 10.5. The van der Waals surface area contributed by atoms with Crippen LogP contribution in [0.4, 0.5) is 5.69 Å². The van der Waals surface area contributed by atoms with E-state index in [0.29, 0.717) is 11.8 Å². The minimum Gasteiger partial charge on any atom is -0.482 e. The Morgan fingerprint density at radius 2 is 1.67 bits per heavy atom. The van der Waals surface area contributed by atoms with Crippen molar-refractivity contribution in [3.05, 3.63) is 24.3 Å². The summed E-state index contributed by atoms with van der Waals surface area (Å²) < 4.78 is 5.20. The number of anilines is 1. The number of hydrogen-bond donors (Lipinski definition) is 2. The molecule has 0 atom stereocenters. The number of benzene rings is 1. The molecule has 0 aromatic heterocycles. The first-order chi connectivity index (χ1) is 12.1. The Labute approximate surface area is 174 Å². The first-order valence-electron chi connectivity index (χ1n) is 9.26. The number of carbonyl (C=O) groups is 1. The quantitative estimate of drug-likeness (QED) is 0.738. The number of nitrogens with one attached hydrogen (secondary N) is 1. The summed E-state index contributed by atoms with van der Waals surface area (Å²) in [6.07, 6.45) is 4.90. The number of piperidine rings is 2. The fourth-order valence-corrected chi connectivity index (χ4v) is 3.94. The van der Waals surface area contributed by atoms with Gasteiger partial charge in [0, 0.05) is 30.9 Å². The second kappa shape index (κ2) is 11.6. The van der Waals surface area contributed by atoms with Crippen molar-refractivity contribution in [3.8, 4) is 5.75 Å². The summed E-state index contributed by atoms with van der Waals surface area (Å²) in [6, 6.07) is 9.15. The molecule has 0 unspecified atom stereocenters. The zero-order valence-corrected chi connectivity index (χ0v) is 17.4. The standard InChI is InChI=1S/C19H29N3O3.2ClH/c1-21(15-6-10-20-11-7-15)16-8-12-22(13-9-16)17-2-4-18(5-3-17)25-14-19(23)24;;/h2-5,15-16,20H,6-14H2,1H3,(H,23,24);2*1H. The molecule has 27 heavy (non-hydrogen) atoms.